The number of amides is 1. The number of hydrogen-bond acceptors (Lipinski definition) is 5. The summed E-state index contributed by atoms with van der Waals surface area (Å²) in [4.78, 5) is 24.2. The van der Waals surface area contributed by atoms with Crippen LogP contribution in [0, 0.1) is 6.92 Å². The molecule has 2 aromatic heterocycles. The molecule has 0 atom stereocenters. The molecule has 0 saturated carbocycles. The molecule has 9 heteroatoms. The maximum absolute atomic E-state index is 12.2. The van der Waals surface area contributed by atoms with Gasteiger partial charge in [-0.05, 0) is 52.6 Å². The van der Waals surface area contributed by atoms with Crippen molar-refractivity contribution < 1.29 is 4.79 Å². The number of benzene rings is 1. The Hall–Kier alpha value is -2.45. The molecule has 2 heterocycles. The molecule has 0 fully saturated rings. The molecule has 118 valence electrons. The molecule has 1 amide bonds. The summed E-state index contributed by atoms with van der Waals surface area (Å²) in [5, 5.41) is 13.2. The number of rotatable bonds is 4. The van der Waals surface area contributed by atoms with Crippen LogP contribution in [0.4, 0.5) is 5.69 Å². The van der Waals surface area contributed by atoms with Crippen molar-refractivity contribution in [1.82, 2.24) is 19.8 Å². The summed E-state index contributed by atoms with van der Waals surface area (Å²) in [6.45, 7) is 1.64. The van der Waals surface area contributed by atoms with Crippen molar-refractivity contribution in [2.24, 2.45) is 0 Å². The van der Waals surface area contributed by atoms with Gasteiger partial charge in [-0.15, -0.1) is 11.3 Å². The Morgan fingerprint density at radius 3 is 2.87 bits per heavy atom. The van der Waals surface area contributed by atoms with E-state index >= 15 is 0 Å². The Morgan fingerprint density at radius 1 is 1.35 bits per heavy atom. The van der Waals surface area contributed by atoms with Gasteiger partial charge in [-0.25, -0.2) is 4.79 Å². The highest BCUT2D eigenvalue weighted by atomic mass is 35.5. The number of aryl methyl sites for hydroxylation is 1. The summed E-state index contributed by atoms with van der Waals surface area (Å²) in [5.41, 5.74) is 1.01. The van der Waals surface area contributed by atoms with Crippen LogP contribution >= 0.6 is 22.9 Å². The van der Waals surface area contributed by atoms with Crippen molar-refractivity contribution in [2.45, 2.75) is 13.5 Å². The highest BCUT2D eigenvalue weighted by Crippen LogP contribution is 2.19. The largest absolute Gasteiger partial charge is 0.369 e. The van der Waals surface area contributed by atoms with Gasteiger partial charge in [0, 0.05) is 10.7 Å². The average molecular weight is 350 g/mol. The van der Waals surface area contributed by atoms with E-state index in [2.05, 4.69) is 15.7 Å². The minimum absolute atomic E-state index is 0.226. The molecule has 0 unspecified atom stereocenters. The second kappa shape index (κ2) is 6.35. The number of nitrogens with one attached hydrogen (secondary N) is 1. The molecule has 0 aliphatic heterocycles. The first-order valence-corrected chi connectivity index (χ1v) is 7.93. The maximum atomic E-state index is 12.2. The smallest absolute Gasteiger partial charge is 0.324 e. The second-order valence-corrected chi connectivity index (χ2v) is 6.13. The third-order valence-corrected chi connectivity index (χ3v) is 4.35. The number of carbonyl (C=O) groups is 1. The number of hydrogen-bond donors (Lipinski definition) is 1. The Kier molecular flexibility index (Phi) is 4.26. The Bertz CT molecular complexity index is 900. The van der Waals surface area contributed by atoms with Crippen LogP contribution in [0.15, 0.2) is 40.5 Å². The predicted molar refractivity (Wildman–Crippen MR) is 88.3 cm³/mol. The monoisotopic (exact) mass is 349 g/mol. The van der Waals surface area contributed by atoms with Gasteiger partial charge in [-0.1, -0.05) is 17.7 Å². The molecule has 3 rings (SSSR count). The van der Waals surface area contributed by atoms with E-state index in [0.29, 0.717) is 15.7 Å². The van der Waals surface area contributed by atoms with Crippen LogP contribution in [0.5, 0.6) is 0 Å². The first-order chi connectivity index (χ1) is 11.0. The third kappa shape index (κ3) is 3.33. The van der Waals surface area contributed by atoms with Crippen LogP contribution in [0.25, 0.3) is 5.00 Å². The van der Waals surface area contributed by atoms with E-state index in [9.17, 15) is 9.59 Å². The molecule has 1 N–H and O–H groups in total. The molecular formula is C14H12ClN5O2S. The molecule has 23 heavy (non-hydrogen) atoms. The van der Waals surface area contributed by atoms with Gasteiger partial charge in [-0.3, -0.25) is 4.79 Å². The number of halogens is 1. The van der Waals surface area contributed by atoms with E-state index < -0.39 is 5.69 Å². The highest BCUT2D eigenvalue weighted by molar-refractivity contribution is 7.12. The van der Waals surface area contributed by atoms with Crippen molar-refractivity contribution in [2.75, 3.05) is 5.32 Å². The maximum Gasteiger partial charge on any atom is 0.369 e. The van der Waals surface area contributed by atoms with Crippen molar-refractivity contribution in [3.05, 3.63) is 56.8 Å². The average Bonchev–Trinajstić information content (AvgIpc) is 3.14. The lowest BCUT2D eigenvalue weighted by molar-refractivity contribution is -0.117. The van der Waals surface area contributed by atoms with Crippen LogP contribution < -0.4 is 11.0 Å². The van der Waals surface area contributed by atoms with Gasteiger partial charge in [0.2, 0.25) is 5.91 Å². The zero-order valence-corrected chi connectivity index (χ0v) is 13.6. The molecular weight excluding hydrogens is 338 g/mol. The number of anilines is 1. The van der Waals surface area contributed by atoms with Gasteiger partial charge in [0.25, 0.3) is 0 Å². The fourth-order valence-corrected chi connectivity index (χ4v) is 2.76. The summed E-state index contributed by atoms with van der Waals surface area (Å²) >= 11 is 7.37. The first kappa shape index (κ1) is 15.4. The van der Waals surface area contributed by atoms with Gasteiger partial charge < -0.3 is 5.32 Å². The van der Waals surface area contributed by atoms with Crippen LogP contribution in [0.2, 0.25) is 5.02 Å². The lowest BCUT2D eigenvalue weighted by Gasteiger charge is -2.06. The van der Waals surface area contributed by atoms with Crippen molar-refractivity contribution in [1.29, 1.82) is 0 Å². The number of nitrogens with zero attached hydrogens (tertiary/aromatic N) is 4. The van der Waals surface area contributed by atoms with Crippen molar-refractivity contribution in [3.63, 3.8) is 0 Å². The number of tetrazole rings is 1. The summed E-state index contributed by atoms with van der Waals surface area (Å²) in [6, 6.07) is 8.75. The molecule has 0 saturated heterocycles. The second-order valence-electron chi connectivity index (χ2n) is 4.79. The van der Waals surface area contributed by atoms with Gasteiger partial charge >= 0.3 is 5.69 Å². The minimum atomic E-state index is -0.468. The highest BCUT2D eigenvalue weighted by Gasteiger charge is 2.13. The molecule has 7 nitrogen and oxygen atoms in total. The lowest BCUT2D eigenvalue weighted by Crippen LogP contribution is -2.29. The number of aromatic nitrogens is 4. The topological polar surface area (TPSA) is 81.8 Å². The van der Waals surface area contributed by atoms with E-state index in [1.807, 2.05) is 12.3 Å². The quantitative estimate of drug-likeness (QED) is 0.782. The Morgan fingerprint density at radius 2 is 2.17 bits per heavy atom. The molecule has 1 aromatic carbocycles. The van der Waals surface area contributed by atoms with Crippen LogP contribution in [-0.4, -0.2) is 25.7 Å². The first-order valence-electron chi connectivity index (χ1n) is 6.67. The minimum Gasteiger partial charge on any atom is -0.324 e. The fraction of sp³-hybridized carbons (Fsp3) is 0.143. The zero-order valence-electron chi connectivity index (χ0n) is 12.1. The summed E-state index contributed by atoms with van der Waals surface area (Å²) in [5.74, 6) is -0.384. The predicted octanol–water partition coefficient (Wildman–Crippen LogP) is 2.09. The third-order valence-electron chi connectivity index (χ3n) is 3.10. The molecule has 3 aromatic rings. The normalized spacial score (nSPS) is 10.7. The van der Waals surface area contributed by atoms with E-state index in [1.165, 1.54) is 11.3 Å². The van der Waals surface area contributed by atoms with Crippen LogP contribution in [0.3, 0.4) is 0 Å². The summed E-state index contributed by atoms with van der Waals surface area (Å²) in [7, 11) is 0. The Labute approximate surface area is 140 Å². The fourth-order valence-electron chi connectivity index (χ4n) is 1.91. The van der Waals surface area contributed by atoms with E-state index in [4.69, 9.17) is 11.6 Å². The van der Waals surface area contributed by atoms with Crippen LogP contribution in [0.1, 0.15) is 5.56 Å². The van der Waals surface area contributed by atoms with Gasteiger partial charge in [0.05, 0.1) is 0 Å². The van der Waals surface area contributed by atoms with E-state index in [1.54, 1.807) is 30.3 Å². The molecule has 0 aliphatic rings. The summed E-state index contributed by atoms with van der Waals surface area (Å²) < 4.78 is 2.16. The van der Waals surface area contributed by atoms with Crippen LogP contribution in [-0.2, 0) is 11.3 Å². The molecule has 0 radical (unpaired) electrons. The van der Waals surface area contributed by atoms with E-state index in [-0.39, 0.29) is 12.5 Å². The number of carbonyl (C=O) groups excluding carboxylic acids is 1. The SMILES string of the molecule is Cc1ccc(NC(=O)Cn2nnn(-c3cccs3)c2=O)cc1Cl. The molecule has 0 bridgehead atoms. The molecule has 0 spiro atoms. The van der Waals surface area contributed by atoms with Crippen molar-refractivity contribution in [3.8, 4) is 5.00 Å². The zero-order chi connectivity index (χ0) is 16.4. The number of thiophene rings is 1. The Balaban J connectivity index is 1.73. The van der Waals surface area contributed by atoms with Gasteiger partial charge in [0.15, 0.2) is 0 Å². The van der Waals surface area contributed by atoms with Gasteiger partial charge in [0.1, 0.15) is 11.5 Å². The standard InChI is InChI=1S/C14H12ClN5O2S/c1-9-4-5-10(7-11(9)15)16-12(21)8-19-14(22)20(18-17-19)13-3-2-6-23-13/h2-7H,8H2,1H3,(H,16,21). The lowest BCUT2D eigenvalue weighted by atomic mass is 10.2. The van der Waals surface area contributed by atoms with E-state index in [0.717, 1.165) is 14.9 Å². The molecule has 0 aliphatic carbocycles. The van der Waals surface area contributed by atoms with Crippen molar-refractivity contribution >= 4 is 34.5 Å². The summed E-state index contributed by atoms with van der Waals surface area (Å²) in [6.07, 6.45) is 0. The van der Waals surface area contributed by atoms with Gasteiger partial charge in [-0.2, -0.15) is 9.36 Å².